The fourth-order valence-electron chi connectivity index (χ4n) is 1.56. The summed E-state index contributed by atoms with van der Waals surface area (Å²) < 4.78 is 12.3. The molecule has 0 aliphatic carbocycles. The largest absolute Gasteiger partial charge is 0.393 e. The third-order valence-electron chi connectivity index (χ3n) is 3.24. The molecule has 3 unspecified atom stereocenters. The number of allylic oxidation sites excluding steroid dienone is 1. The second-order valence-corrected chi connectivity index (χ2v) is 7.19. The highest BCUT2D eigenvalue weighted by Crippen LogP contribution is 2.26. The van der Waals surface area contributed by atoms with Gasteiger partial charge in [-0.3, -0.25) is 0 Å². The molecule has 0 radical (unpaired) electrons. The maximum absolute atomic E-state index is 6.13. The van der Waals surface area contributed by atoms with Crippen LogP contribution in [0.2, 0.25) is 5.54 Å². The minimum absolute atomic E-state index is 0.289. The fraction of sp³-hybridized carbons (Fsp3) is 0.857. The van der Waals surface area contributed by atoms with E-state index in [1.54, 1.807) is 0 Å². The third-order valence-corrected chi connectivity index (χ3v) is 6.38. The van der Waals surface area contributed by atoms with E-state index in [0.717, 1.165) is 12.8 Å². The van der Waals surface area contributed by atoms with Crippen molar-refractivity contribution in [2.45, 2.75) is 72.1 Å². The molecule has 0 amide bonds. The molecule has 0 fully saturated rings. The van der Waals surface area contributed by atoms with Crippen LogP contribution in [0.25, 0.3) is 0 Å². The van der Waals surface area contributed by atoms with E-state index in [1.165, 1.54) is 0 Å². The summed E-state index contributed by atoms with van der Waals surface area (Å²) in [6.07, 6.45) is 4.67. The summed E-state index contributed by atoms with van der Waals surface area (Å²) in [5, 5.41) is 0. The van der Waals surface area contributed by atoms with Crippen molar-refractivity contribution in [3.63, 3.8) is 0 Å². The molecule has 0 heterocycles. The molecule has 0 aromatic heterocycles. The summed E-state index contributed by atoms with van der Waals surface area (Å²) in [4.78, 5) is 0. The standard InChI is InChI=1S/C14H30O2Si/c1-8-12(6)15-17(16-13(7)9-2)14(10-3)11(4)5/h10-14,17H,3,8-9H2,1-2,4-7H3. The van der Waals surface area contributed by atoms with E-state index in [-0.39, 0.29) is 12.2 Å². The maximum atomic E-state index is 6.13. The quantitative estimate of drug-likeness (QED) is 0.459. The first-order valence-corrected chi connectivity index (χ1v) is 8.50. The first kappa shape index (κ1) is 16.9. The van der Waals surface area contributed by atoms with Crippen molar-refractivity contribution in [3.05, 3.63) is 12.7 Å². The lowest BCUT2D eigenvalue weighted by atomic mass is 10.1. The third kappa shape index (κ3) is 6.39. The number of rotatable bonds is 9. The zero-order valence-corrected chi connectivity index (χ0v) is 13.6. The molecule has 0 aliphatic rings. The van der Waals surface area contributed by atoms with Crippen LogP contribution in [0.3, 0.4) is 0 Å². The van der Waals surface area contributed by atoms with Crippen molar-refractivity contribution in [3.8, 4) is 0 Å². The van der Waals surface area contributed by atoms with Crippen LogP contribution in [0.5, 0.6) is 0 Å². The normalized spacial score (nSPS) is 18.8. The Bertz CT molecular complexity index is 194. The van der Waals surface area contributed by atoms with Crippen molar-refractivity contribution in [2.24, 2.45) is 5.92 Å². The molecule has 0 saturated heterocycles. The molecule has 0 N–H and O–H groups in total. The lowest BCUT2D eigenvalue weighted by Crippen LogP contribution is -2.36. The van der Waals surface area contributed by atoms with Gasteiger partial charge in [0.25, 0.3) is 0 Å². The summed E-state index contributed by atoms with van der Waals surface area (Å²) in [5.74, 6) is 0.539. The van der Waals surface area contributed by atoms with Crippen LogP contribution in [-0.4, -0.2) is 21.5 Å². The second-order valence-electron chi connectivity index (χ2n) is 5.14. The van der Waals surface area contributed by atoms with Gasteiger partial charge in [0.15, 0.2) is 0 Å². The molecule has 0 aromatic rings. The Hall–Kier alpha value is -0.123. The number of hydrogen-bond donors (Lipinski definition) is 0. The molecular weight excluding hydrogens is 228 g/mol. The Kier molecular flexibility index (Phi) is 8.83. The van der Waals surface area contributed by atoms with Gasteiger partial charge in [-0.15, -0.1) is 6.58 Å². The Labute approximate surface area is 109 Å². The van der Waals surface area contributed by atoms with E-state index in [0.29, 0.717) is 11.5 Å². The molecule has 0 aromatic carbocycles. The highest BCUT2D eigenvalue weighted by atomic mass is 28.3. The predicted octanol–water partition coefficient (Wildman–Crippen LogP) is 4.05. The van der Waals surface area contributed by atoms with E-state index < -0.39 is 9.28 Å². The monoisotopic (exact) mass is 258 g/mol. The van der Waals surface area contributed by atoms with Gasteiger partial charge >= 0.3 is 9.28 Å². The Balaban J connectivity index is 4.62. The minimum atomic E-state index is -1.68. The van der Waals surface area contributed by atoms with Crippen molar-refractivity contribution in [2.75, 3.05) is 0 Å². The van der Waals surface area contributed by atoms with Crippen LogP contribution in [0.15, 0.2) is 12.7 Å². The summed E-state index contributed by atoms with van der Waals surface area (Å²) in [6.45, 7) is 16.9. The zero-order valence-electron chi connectivity index (χ0n) is 12.4. The van der Waals surface area contributed by atoms with Crippen molar-refractivity contribution < 1.29 is 8.85 Å². The average Bonchev–Trinajstić information content (AvgIpc) is 2.28. The topological polar surface area (TPSA) is 18.5 Å². The van der Waals surface area contributed by atoms with Gasteiger partial charge in [-0.2, -0.15) is 0 Å². The van der Waals surface area contributed by atoms with E-state index in [2.05, 4.69) is 48.1 Å². The number of hydrogen-bond acceptors (Lipinski definition) is 2. The van der Waals surface area contributed by atoms with Crippen LogP contribution in [0, 0.1) is 5.92 Å². The second kappa shape index (κ2) is 8.89. The van der Waals surface area contributed by atoms with Gasteiger partial charge in [0.1, 0.15) is 0 Å². The molecule has 0 spiro atoms. The molecule has 3 atom stereocenters. The predicted molar refractivity (Wildman–Crippen MR) is 77.6 cm³/mol. The van der Waals surface area contributed by atoms with Crippen LogP contribution in [0.1, 0.15) is 54.4 Å². The van der Waals surface area contributed by atoms with Gasteiger partial charge < -0.3 is 8.85 Å². The summed E-state index contributed by atoms with van der Waals surface area (Å²) >= 11 is 0. The van der Waals surface area contributed by atoms with Gasteiger partial charge in [-0.05, 0) is 32.6 Å². The molecule has 17 heavy (non-hydrogen) atoms. The lowest BCUT2D eigenvalue weighted by molar-refractivity contribution is 0.104. The molecule has 0 bridgehead atoms. The Morgan fingerprint density at radius 3 is 1.65 bits per heavy atom. The summed E-state index contributed by atoms with van der Waals surface area (Å²) in [6, 6.07) is 0. The van der Waals surface area contributed by atoms with Crippen LogP contribution >= 0.6 is 0 Å². The van der Waals surface area contributed by atoms with E-state index in [1.807, 2.05) is 6.08 Å². The highest BCUT2D eigenvalue weighted by Gasteiger charge is 2.29. The molecule has 0 rings (SSSR count). The molecule has 3 heteroatoms. The molecular formula is C14H30O2Si. The molecule has 102 valence electrons. The molecule has 2 nitrogen and oxygen atoms in total. The van der Waals surface area contributed by atoms with Gasteiger partial charge in [0, 0.05) is 17.7 Å². The van der Waals surface area contributed by atoms with Gasteiger partial charge in [-0.25, -0.2) is 0 Å². The minimum Gasteiger partial charge on any atom is -0.393 e. The van der Waals surface area contributed by atoms with E-state index in [4.69, 9.17) is 8.85 Å². The smallest absolute Gasteiger partial charge is 0.329 e. The van der Waals surface area contributed by atoms with Gasteiger partial charge in [0.2, 0.25) is 0 Å². The van der Waals surface area contributed by atoms with Crippen LogP contribution in [0.4, 0.5) is 0 Å². The molecule has 0 aliphatic heterocycles. The highest BCUT2D eigenvalue weighted by molar-refractivity contribution is 6.47. The maximum Gasteiger partial charge on any atom is 0.329 e. The first-order chi connectivity index (χ1) is 7.96. The van der Waals surface area contributed by atoms with Crippen molar-refractivity contribution in [1.82, 2.24) is 0 Å². The summed E-state index contributed by atoms with van der Waals surface area (Å²) in [7, 11) is -1.68. The van der Waals surface area contributed by atoms with Crippen LogP contribution < -0.4 is 0 Å². The lowest BCUT2D eigenvalue weighted by Gasteiger charge is -2.30. The molecule has 0 saturated carbocycles. The first-order valence-electron chi connectivity index (χ1n) is 6.89. The Morgan fingerprint density at radius 2 is 1.41 bits per heavy atom. The Morgan fingerprint density at radius 1 is 1.00 bits per heavy atom. The zero-order chi connectivity index (χ0) is 13.4. The SMILES string of the molecule is C=CC(C(C)C)[SiH](OC(C)CC)OC(C)CC. The average molecular weight is 258 g/mol. The van der Waals surface area contributed by atoms with Crippen molar-refractivity contribution >= 4 is 9.28 Å². The van der Waals surface area contributed by atoms with Crippen LogP contribution in [-0.2, 0) is 8.85 Å². The van der Waals surface area contributed by atoms with Gasteiger partial charge in [0.05, 0.1) is 0 Å². The van der Waals surface area contributed by atoms with E-state index in [9.17, 15) is 0 Å². The van der Waals surface area contributed by atoms with E-state index >= 15 is 0 Å². The van der Waals surface area contributed by atoms with Crippen molar-refractivity contribution in [1.29, 1.82) is 0 Å². The fourth-order valence-corrected chi connectivity index (χ4v) is 4.14. The summed E-state index contributed by atoms with van der Waals surface area (Å²) in [5.41, 5.74) is 0.387. The van der Waals surface area contributed by atoms with Gasteiger partial charge in [-0.1, -0.05) is 33.8 Å².